The third kappa shape index (κ3) is 3.52. The van der Waals surface area contributed by atoms with E-state index in [0.717, 1.165) is 35.0 Å². The highest BCUT2D eigenvalue weighted by atomic mass is 32.1. The first-order valence-electron chi connectivity index (χ1n) is 7.71. The van der Waals surface area contributed by atoms with Crippen LogP contribution < -0.4 is 5.32 Å². The van der Waals surface area contributed by atoms with Crippen LogP contribution in [0.25, 0.3) is 0 Å². The minimum atomic E-state index is -0.469. The first kappa shape index (κ1) is 15.6. The van der Waals surface area contributed by atoms with Crippen molar-refractivity contribution in [3.05, 3.63) is 10.6 Å². The second kappa shape index (κ2) is 5.70. The standard InChI is InChI=1S/C15H23N3O3S/c1-15(2,3)21-14(20)18-5-4-11-12(8-18)22-13(17-11)16-9-6-10(19)7-9/h9-10,19H,4-8H2,1-3H3,(H,16,17)/t9-,10-. The van der Waals surface area contributed by atoms with Gasteiger partial charge in [-0.15, -0.1) is 0 Å². The van der Waals surface area contributed by atoms with Crippen LogP contribution >= 0.6 is 11.3 Å². The quantitative estimate of drug-likeness (QED) is 0.873. The third-order valence-corrected chi connectivity index (χ3v) is 4.84. The highest BCUT2D eigenvalue weighted by Crippen LogP contribution is 2.32. The molecular weight excluding hydrogens is 302 g/mol. The average molecular weight is 325 g/mol. The Bertz CT molecular complexity index is 561. The molecule has 22 heavy (non-hydrogen) atoms. The summed E-state index contributed by atoms with van der Waals surface area (Å²) >= 11 is 1.60. The van der Waals surface area contributed by atoms with Crippen LogP contribution in [0.5, 0.6) is 0 Å². The summed E-state index contributed by atoms with van der Waals surface area (Å²) in [7, 11) is 0. The molecule has 0 unspecified atom stereocenters. The van der Waals surface area contributed by atoms with E-state index in [1.54, 1.807) is 16.2 Å². The van der Waals surface area contributed by atoms with Crippen molar-refractivity contribution in [2.75, 3.05) is 11.9 Å². The van der Waals surface area contributed by atoms with E-state index in [-0.39, 0.29) is 12.2 Å². The summed E-state index contributed by atoms with van der Waals surface area (Å²) in [5, 5.41) is 13.6. The zero-order valence-electron chi connectivity index (χ0n) is 13.3. The fraction of sp³-hybridized carbons (Fsp3) is 0.733. The zero-order valence-corrected chi connectivity index (χ0v) is 14.1. The molecule has 1 fully saturated rings. The molecule has 1 aromatic heterocycles. The van der Waals surface area contributed by atoms with E-state index in [1.165, 1.54) is 0 Å². The molecule has 2 heterocycles. The lowest BCUT2D eigenvalue weighted by atomic mass is 9.90. The molecule has 0 bridgehead atoms. The number of aliphatic hydroxyl groups is 1. The van der Waals surface area contributed by atoms with Crippen LogP contribution in [-0.4, -0.2) is 45.4 Å². The molecule has 0 radical (unpaired) electrons. The summed E-state index contributed by atoms with van der Waals surface area (Å²) in [4.78, 5) is 19.6. The van der Waals surface area contributed by atoms with Gasteiger partial charge >= 0.3 is 6.09 Å². The van der Waals surface area contributed by atoms with Gasteiger partial charge in [-0.2, -0.15) is 0 Å². The molecule has 0 saturated heterocycles. The van der Waals surface area contributed by atoms with Gasteiger partial charge in [0, 0.05) is 23.9 Å². The third-order valence-electron chi connectivity index (χ3n) is 3.82. The molecule has 122 valence electrons. The fourth-order valence-electron chi connectivity index (χ4n) is 2.62. The Morgan fingerprint density at radius 3 is 2.82 bits per heavy atom. The Labute approximate surface area is 134 Å². The molecule has 7 heteroatoms. The van der Waals surface area contributed by atoms with E-state index < -0.39 is 5.60 Å². The van der Waals surface area contributed by atoms with Crippen molar-refractivity contribution in [2.24, 2.45) is 0 Å². The second-order valence-corrected chi connectivity index (χ2v) is 8.09. The van der Waals surface area contributed by atoms with Crippen LogP contribution in [0.15, 0.2) is 0 Å². The van der Waals surface area contributed by atoms with Crippen LogP contribution in [0.1, 0.15) is 44.2 Å². The van der Waals surface area contributed by atoms with Crippen LogP contribution in [0.3, 0.4) is 0 Å². The number of aromatic nitrogens is 1. The Morgan fingerprint density at radius 1 is 1.45 bits per heavy atom. The van der Waals surface area contributed by atoms with Crippen molar-refractivity contribution in [2.45, 2.75) is 64.3 Å². The number of aliphatic hydroxyl groups excluding tert-OH is 1. The lowest BCUT2D eigenvalue weighted by molar-refractivity contribution is 0.0225. The van der Waals surface area contributed by atoms with Crippen LogP contribution in [-0.2, 0) is 17.7 Å². The van der Waals surface area contributed by atoms with Crippen molar-refractivity contribution >= 4 is 22.6 Å². The van der Waals surface area contributed by atoms with Gasteiger partial charge in [0.15, 0.2) is 5.13 Å². The van der Waals surface area contributed by atoms with Crippen LogP contribution in [0.2, 0.25) is 0 Å². The Kier molecular flexibility index (Phi) is 4.03. The smallest absolute Gasteiger partial charge is 0.410 e. The number of hydrogen-bond acceptors (Lipinski definition) is 6. The lowest BCUT2D eigenvalue weighted by Crippen LogP contribution is -2.39. The number of carbonyl (C=O) groups excluding carboxylic acids is 1. The van der Waals surface area contributed by atoms with Gasteiger partial charge < -0.3 is 20.1 Å². The number of thiazole rings is 1. The molecule has 1 aromatic rings. The number of ether oxygens (including phenoxy) is 1. The monoisotopic (exact) mass is 325 g/mol. The van der Waals surface area contributed by atoms with Gasteiger partial charge in [0.2, 0.25) is 0 Å². The summed E-state index contributed by atoms with van der Waals surface area (Å²) in [6, 6.07) is 0.324. The summed E-state index contributed by atoms with van der Waals surface area (Å²) in [5.41, 5.74) is 0.607. The van der Waals surface area contributed by atoms with E-state index in [9.17, 15) is 9.90 Å². The van der Waals surface area contributed by atoms with Gasteiger partial charge in [-0.1, -0.05) is 11.3 Å². The highest BCUT2D eigenvalue weighted by Gasteiger charge is 2.30. The predicted octanol–water partition coefficient (Wildman–Crippen LogP) is 2.37. The molecule has 6 nitrogen and oxygen atoms in total. The van der Waals surface area contributed by atoms with E-state index in [1.807, 2.05) is 20.8 Å². The zero-order chi connectivity index (χ0) is 15.9. The Hall–Kier alpha value is -1.34. The van der Waals surface area contributed by atoms with Gasteiger partial charge in [-0.05, 0) is 33.6 Å². The summed E-state index contributed by atoms with van der Waals surface area (Å²) in [6.45, 7) is 6.84. The molecular formula is C15H23N3O3S. The normalized spacial score (nSPS) is 24.5. The van der Waals surface area contributed by atoms with E-state index in [2.05, 4.69) is 10.3 Å². The largest absolute Gasteiger partial charge is 0.444 e. The maximum absolute atomic E-state index is 12.1. The molecule has 1 aliphatic heterocycles. The minimum absolute atomic E-state index is 0.172. The van der Waals surface area contributed by atoms with Crippen LogP contribution in [0, 0.1) is 0 Å². The number of hydrogen-bond donors (Lipinski definition) is 2. The van der Waals surface area contributed by atoms with E-state index in [0.29, 0.717) is 19.1 Å². The Morgan fingerprint density at radius 2 is 2.18 bits per heavy atom. The van der Waals surface area contributed by atoms with Gasteiger partial charge in [0.05, 0.1) is 18.3 Å². The van der Waals surface area contributed by atoms with E-state index in [4.69, 9.17) is 4.74 Å². The number of amides is 1. The van der Waals surface area contributed by atoms with Crippen molar-refractivity contribution in [3.8, 4) is 0 Å². The number of fused-ring (bicyclic) bond motifs is 1. The van der Waals surface area contributed by atoms with Crippen molar-refractivity contribution in [3.63, 3.8) is 0 Å². The van der Waals surface area contributed by atoms with Crippen molar-refractivity contribution < 1.29 is 14.6 Å². The molecule has 1 amide bonds. The summed E-state index contributed by atoms with van der Waals surface area (Å²) < 4.78 is 5.43. The fourth-order valence-corrected chi connectivity index (χ4v) is 3.72. The molecule has 0 aromatic carbocycles. The molecule has 1 aliphatic carbocycles. The second-order valence-electron chi connectivity index (χ2n) is 7.01. The van der Waals surface area contributed by atoms with Gasteiger partial charge in [-0.25, -0.2) is 9.78 Å². The SMILES string of the molecule is CC(C)(C)OC(=O)N1CCc2nc(N[C@H]3C[C@H](O)C3)sc2C1. The summed E-state index contributed by atoms with van der Waals surface area (Å²) in [5.74, 6) is 0. The van der Waals surface area contributed by atoms with E-state index >= 15 is 0 Å². The molecule has 0 spiro atoms. The molecule has 0 atom stereocenters. The number of rotatable bonds is 2. The lowest BCUT2D eigenvalue weighted by Gasteiger charge is -2.31. The number of anilines is 1. The maximum atomic E-state index is 12.1. The molecule has 1 saturated carbocycles. The van der Waals surface area contributed by atoms with Crippen molar-refractivity contribution in [1.29, 1.82) is 0 Å². The predicted molar refractivity (Wildman–Crippen MR) is 85.1 cm³/mol. The first-order chi connectivity index (χ1) is 10.3. The molecule has 3 rings (SSSR count). The van der Waals surface area contributed by atoms with Gasteiger partial charge in [-0.3, -0.25) is 0 Å². The number of nitrogens with zero attached hydrogens (tertiary/aromatic N) is 2. The topological polar surface area (TPSA) is 74.7 Å². The van der Waals surface area contributed by atoms with Gasteiger partial charge in [0.25, 0.3) is 0 Å². The van der Waals surface area contributed by atoms with Crippen LogP contribution in [0.4, 0.5) is 9.93 Å². The first-order valence-corrected chi connectivity index (χ1v) is 8.53. The summed E-state index contributed by atoms with van der Waals surface area (Å²) in [6.07, 6.45) is 1.90. The number of carbonyl (C=O) groups is 1. The van der Waals surface area contributed by atoms with Gasteiger partial charge in [0.1, 0.15) is 5.60 Å². The minimum Gasteiger partial charge on any atom is -0.444 e. The Balaban J connectivity index is 1.61. The highest BCUT2D eigenvalue weighted by molar-refractivity contribution is 7.15. The van der Waals surface area contributed by atoms with Crippen molar-refractivity contribution in [1.82, 2.24) is 9.88 Å². The molecule has 2 N–H and O–H groups in total. The average Bonchev–Trinajstić information content (AvgIpc) is 2.76. The molecule has 2 aliphatic rings. The maximum Gasteiger partial charge on any atom is 0.410 e. The number of nitrogens with one attached hydrogen (secondary N) is 1.